The zero-order valence-corrected chi connectivity index (χ0v) is 9.01. The number of hydrogen-bond acceptors (Lipinski definition) is 2. The van der Waals surface area contributed by atoms with Crippen LogP contribution in [0.2, 0.25) is 10.0 Å². The van der Waals surface area contributed by atoms with Crippen LogP contribution in [0.25, 0.3) is 0 Å². The predicted octanol–water partition coefficient (Wildman–Crippen LogP) is 2.69. The summed E-state index contributed by atoms with van der Waals surface area (Å²) in [4.78, 5) is 0.546. The van der Waals surface area contributed by atoms with Crippen molar-refractivity contribution < 1.29 is 0 Å². The number of rotatable bonds is 2. The minimum Gasteiger partial charge on any atom is -0.348 e. The maximum Gasteiger partial charge on any atom is 0.0935 e. The van der Waals surface area contributed by atoms with Crippen molar-refractivity contribution in [1.82, 2.24) is 0 Å². The lowest BCUT2D eigenvalue weighted by Gasteiger charge is -2.07. The molecule has 3 N–H and O–H groups in total. The molecule has 0 spiro atoms. The highest BCUT2D eigenvalue weighted by Crippen LogP contribution is 2.25. The van der Waals surface area contributed by atoms with Crippen LogP contribution in [0.4, 0.5) is 5.69 Å². The van der Waals surface area contributed by atoms with Gasteiger partial charge < -0.3 is 11.1 Å². The van der Waals surface area contributed by atoms with Gasteiger partial charge in [-0.05, 0) is 18.2 Å². The molecular formula is C8H8Cl2N2S. The van der Waals surface area contributed by atoms with Crippen molar-refractivity contribution in [2.45, 2.75) is 0 Å². The molecule has 1 aromatic rings. The van der Waals surface area contributed by atoms with Gasteiger partial charge in [-0.3, -0.25) is 0 Å². The van der Waals surface area contributed by atoms with Gasteiger partial charge in [0, 0.05) is 11.6 Å². The molecule has 13 heavy (non-hydrogen) atoms. The van der Waals surface area contributed by atoms with Gasteiger partial charge in [-0.1, -0.05) is 35.4 Å². The van der Waals surface area contributed by atoms with Gasteiger partial charge in [0.05, 0.1) is 15.7 Å². The minimum atomic E-state index is 0.300. The molecule has 0 atom stereocenters. The van der Waals surface area contributed by atoms with Crippen molar-refractivity contribution in [3.63, 3.8) is 0 Å². The summed E-state index contributed by atoms with van der Waals surface area (Å²) in [7, 11) is 0. The van der Waals surface area contributed by atoms with Crippen LogP contribution in [0.5, 0.6) is 0 Å². The molecule has 0 saturated heterocycles. The van der Waals surface area contributed by atoms with E-state index in [1.165, 1.54) is 0 Å². The zero-order chi connectivity index (χ0) is 9.84. The molecule has 0 fully saturated rings. The third kappa shape index (κ3) is 3.12. The van der Waals surface area contributed by atoms with Gasteiger partial charge in [-0.25, -0.2) is 0 Å². The number of benzene rings is 1. The lowest BCUT2D eigenvalue weighted by atomic mass is 10.3. The Morgan fingerprint density at radius 1 is 1.46 bits per heavy atom. The Bertz CT molecular complexity index is 328. The molecule has 0 unspecified atom stereocenters. The average molecular weight is 235 g/mol. The third-order valence-corrected chi connectivity index (χ3v) is 2.21. The molecule has 0 heterocycles. The maximum atomic E-state index is 5.88. The van der Waals surface area contributed by atoms with Crippen molar-refractivity contribution in [2.24, 2.45) is 5.73 Å². The second-order valence-corrected chi connectivity index (χ2v) is 3.71. The number of nitrogens with two attached hydrogens (primary N) is 1. The van der Waals surface area contributed by atoms with Crippen LogP contribution in [0, 0.1) is 0 Å². The van der Waals surface area contributed by atoms with Crippen molar-refractivity contribution >= 4 is 46.1 Å². The molecule has 0 aliphatic carbocycles. The van der Waals surface area contributed by atoms with Crippen LogP contribution in [0.3, 0.4) is 0 Å². The van der Waals surface area contributed by atoms with E-state index in [2.05, 4.69) is 5.32 Å². The van der Waals surface area contributed by atoms with E-state index in [1.807, 2.05) is 0 Å². The van der Waals surface area contributed by atoms with E-state index in [9.17, 15) is 0 Å². The molecular weight excluding hydrogens is 227 g/mol. The van der Waals surface area contributed by atoms with Gasteiger partial charge in [0.15, 0.2) is 0 Å². The van der Waals surface area contributed by atoms with Crippen LogP contribution in [-0.2, 0) is 0 Å². The molecule has 0 radical (unpaired) electrons. The van der Waals surface area contributed by atoms with E-state index in [0.29, 0.717) is 21.6 Å². The van der Waals surface area contributed by atoms with E-state index in [1.54, 1.807) is 18.2 Å². The van der Waals surface area contributed by atoms with Gasteiger partial charge in [0.25, 0.3) is 0 Å². The standard InChI is InChI=1S/C8H8Cl2N2S/c9-5-1-2-7(6(10)3-5)12-8(13)4-11/h1-3H,4,11H2,(H,12,13). The molecule has 1 aromatic carbocycles. The van der Waals surface area contributed by atoms with Gasteiger partial charge in [0.2, 0.25) is 0 Å². The van der Waals surface area contributed by atoms with Gasteiger partial charge >= 0.3 is 0 Å². The summed E-state index contributed by atoms with van der Waals surface area (Å²) in [6.07, 6.45) is 0. The average Bonchev–Trinajstić information content (AvgIpc) is 2.09. The van der Waals surface area contributed by atoms with Crippen LogP contribution < -0.4 is 11.1 Å². The smallest absolute Gasteiger partial charge is 0.0935 e. The Kier molecular flexibility index (Phi) is 3.93. The fraction of sp³-hybridized carbons (Fsp3) is 0.125. The monoisotopic (exact) mass is 234 g/mol. The zero-order valence-electron chi connectivity index (χ0n) is 6.68. The normalized spacial score (nSPS) is 9.77. The Morgan fingerprint density at radius 3 is 2.69 bits per heavy atom. The summed E-state index contributed by atoms with van der Waals surface area (Å²) in [5.41, 5.74) is 6.05. The molecule has 0 bridgehead atoms. The first-order valence-corrected chi connectivity index (χ1v) is 4.75. The van der Waals surface area contributed by atoms with E-state index < -0.39 is 0 Å². The number of nitrogens with one attached hydrogen (secondary N) is 1. The number of anilines is 1. The third-order valence-electron chi connectivity index (χ3n) is 1.39. The van der Waals surface area contributed by atoms with E-state index in [0.717, 1.165) is 5.69 Å². The summed E-state index contributed by atoms with van der Waals surface area (Å²) in [6.45, 7) is 0.300. The predicted molar refractivity (Wildman–Crippen MR) is 61.7 cm³/mol. The second kappa shape index (κ2) is 4.77. The van der Waals surface area contributed by atoms with E-state index >= 15 is 0 Å². The molecule has 70 valence electrons. The van der Waals surface area contributed by atoms with Crippen LogP contribution in [-0.4, -0.2) is 11.5 Å². The van der Waals surface area contributed by atoms with E-state index in [-0.39, 0.29) is 0 Å². The maximum absolute atomic E-state index is 5.88. The molecule has 0 aliphatic heterocycles. The number of hydrogen-bond donors (Lipinski definition) is 2. The summed E-state index contributed by atoms with van der Waals surface area (Å²) in [6, 6.07) is 5.13. The van der Waals surface area contributed by atoms with Crippen LogP contribution in [0.15, 0.2) is 18.2 Å². The quantitative estimate of drug-likeness (QED) is 0.774. The molecule has 0 aromatic heterocycles. The minimum absolute atomic E-state index is 0.300. The fourth-order valence-corrected chi connectivity index (χ4v) is 1.36. The Morgan fingerprint density at radius 2 is 2.15 bits per heavy atom. The highest BCUT2D eigenvalue weighted by molar-refractivity contribution is 7.80. The van der Waals surface area contributed by atoms with Gasteiger partial charge in [-0.15, -0.1) is 0 Å². The number of thiocarbonyl (C=S) groups is 1. The lowest BCUT2D eigenvalue weighted by Crippen LogP contribution is -2.19. The van der Waals surface area contributed by atoms with Crippen molar-refractivity contribution in [1.29, 1.82) is 0 Å². The molecule has 1 rings (SSSR count). The topological polar surface area (TPSA) is 38.0 Å². The molecule has 2 nitrogen and oxygen atoms in total. The summed E-state index contributed by atoms with van der Waals surface area (Å²) in [5, 5.41) is 4.03. The molecule has 0 aliphatic rings. The summed E-state index contributed by atoms with van der Waals surface area (Å²) >= 11 is 16.5. The highest BCUT2D eigenvalue weighted by Gasteiger charge is 2.01. The Labute approximate surface area is 92.0 Å². The lowest BCUT2D eigenvalue weighted by molar-refractivity contribution is 1.32. The number of halogens is 2. The first-order valence-electron chi connectivity index (χ1n) is 3.58. The second-order valence-electron chi connectivity index (χ2n) is 2.38. The molecule has 5 heteroatoms. The largest absolute Gasteiger partial charge is 0.348 e. The Balaban J connectivity index is 2.83. The van der Waals surface area contributed by atoms with Crippen molar-refractivity contribution in [3.8, 4) is 0 Å². The van der Waals surface area contributed by atoms with Crippen LogP contribution >= 0.6 is 35.4 Å². The van der Waals surface area contributed by atoms with Gasteiger partial charge in [-0.2, -0.15) is 0 Å². The van der Waals surface area contributed by atoms with Crippen molar-refractivity contribution in [2.75, 3.05) is 11.9 Å². The highest BCUT2D eigenvalue weighted by atomic mass is 35.5. The first-order chi connectivity index (χ1) is 6.13. The van der Waals surface area contributed by atoms with Crippen LogP contribution in [0.1, 0.15) is 0 Å². The molecule has 0 saturated carbocycles. The Hall–Kier alpha value is -0.350. The van der Waals surface area contributed by atoms with Gasteiger partial charge in [0.1, 0.15) is 0 Å². The van der Waals surface area contributed by atoms with Crippen molar-refractivity contribution in [3.05, 3.63) is 28.2 Å². The summed E-state index contributed by atoms with van der Waals surface area (Å²) in [5.74, 6) is 0. The summed E-state index contributed by atoms with van der Waals surface area (Å²) < 4.78 is 0. The van der Waals surface area contributed by atoms with E-state index in [4.69, 9.17) is 41.2 Å². The molecule has 0 amide bonds. The first kappa shape index (κ1) is 10.7. The fourth-order valence-electron chi connectivity index (χ4n) is 0.792. The SMILES string of the molecule is NCC(=S)Nc1ccc(Cl)cc1Cl.